The molecule has 3 rings (SSSR count). The van der Waals surface area contributed by atoms with Crippen LogP contribution < -0.4 is 5.32 Å². The van der Waals surface area contributed by atoms with Crippen LogP contribution in [0.5, 0.6) is 0 Å². The van der Waals surface area contributed by atoms with E-state index < -0.39 is 0 Å². The highest BCUT2D eigenvalue weighted by Gasteiger charge is 2.29. The number of aromatic nitrogens is 2. The maximum Gasteiger partial charge on any atom is 0.257 e. The van der Waals surface area contributed by atoms with Crippen LogP contribution in [0.3, 0.4) is 0 Å². The van der Waals surface area contributed by atoms with E-state index in [0.29, 0.717) is 17.9 Å². The third-order valence-electron chi connectivity index (χ3n) is 4.57. The van der Waals surface area contributed by atoms with E-state index in [4.69, 9.17) is 0 Å². The summed E-state index contributed by atoms with van der Waals surface area (Å²) >= 11 is 0. The summed E-state index contributed by atoms with van der Waals surface area (Å²) in [5.74, 6) is 0.267. The van der Waals surface area contributed by atoms with Crippen LogP contribution in [-0.2, 0) is 6.42 Å². The predicted molar refractivity (Wildman–Crippen MR) is 98.1 cm³/mol. The summed E-state index contributed by atoms with van der Waals surface area (Å²) < 4.78 is 14.9. The molecule has 1 aliphatic heterocycles. The first-order valence-corrected chi connectivity index (χ1v) is 8.40. The molecule has 1 amide bonds. The minimum Gasteiger partial charge on any atom is -0.338 e. The van der Waals surface area contributed by atoms with Gasteiger partial charge in [-0.15, -0.1) is 12.4 Å². The Morgan fingerprint density at radius 2 is 2.08 bits per heavy atom. The monoisotopic (exact) mass is 366 g/mol. The van der Waals surface area contributed by atoms with Crippen molar-refractivity contribution in [2.24, 2.45) is 5.92 Å². The summed E-state index contributed by atoms with van der Waals surface area (Å²) in [5.41, 5.74) is 2.28. The summed E-state index contributed by atoms with van der Waals surface area (Å²) in [6, 6.07) is 6.16. The number of carbonyl (C=O) groups excluding carboxylic acids is 1. The van der Waals surface area contributed by atoms with Crippen LogP contribution in [0.2, 0.25) is 0 Å². The standard InChI is InChI=1S/C18H23FN4O.ClH/c1-3-17-16(18(24)22-9-8-13(12-22)10-20-2)11-21-23(17)15-6-4-14(19)5-7-15;/h4-7,11,13,20H,3,8-10,12H2,1-2H3;1H. The number of benzene rings is 1. The van der Waals surface area contributed by atoms with Crippen molar-refractivity contribution in [3.8, 4) is 5.69 Å². The van der Waals surface area contributed by atoms with Gasteiger partial charge in [0.15, 0.2) is 0 Å². The summed E-state index contributed by atoms with van der Waals surface area (Å²) in [6.07, 6.45) is 3.35. The zero-order chi connectivity index (χ0) is 17.1. The Hall–Kier alpha value is -1.92. The van der Waals surface area contributed by atoms with Crippen LogP contribution in [0, 0.1) is 11.7 Å². The number of likely N-dealkylation sites (tertiary alicyclic amines) is 1. The Morgan fingerprint density at radius 3 is 2.72 bits per heavy atom. The van der Waals surface area contributed by atoms with Crippen LogP contribution in [0.1, 0.15) is 29.4 Å². The Bertz CT molecular complexity index is 716. The smallest absolute Gasteiger partial charge is 0.257 e. The molecule has 2 heterocycles. The number of hydrogen-bond acceptors (Lipinski definition) is 3. The number of amides is 1. The molecule has 1 unspecified atom stereocenters. The molecule has 1 fully saturated rings. The fraction of sp³-hybridized carbons (Fsp3) is 0.444. The van der Waals surface area contributed by atoms with Crippen LogP contribution in [-0.4, -0.2) is 47.3 Å². The van der Waals surface area contributed by atoms with Crippen molar-refractivity contribution in [2.45, 2.75) is 19.8 Å². The molecular formula is C18H24ClFN4O. The lowest BCUT2D eigenvalue weighted by atomic mass is 10.1. The molecule has 0 radical (unpaired) electrons. The first kappa shape index (κ1) is 19.4. The average molecular weight is 367 g/mol. The second-order valence-electron chi connectivity index (χ2n) is 6.21. The van der Waals surface area contributed by atoms with Crippen molar-refractivity contribution in [2.75, 3.05) is 26.7 Å². The molecule has 0 saturated carbocycles. The number of halogens is 2. The van der Waals surface area contributed by atoms with Gasteiger partial charge < -0.3 is 10.2 Å². The lowest BCUT2D eigenvalue weighted by Crippen LogP contribution is -2.30. The summed E-state index contributed by atoms with van der Waals surface area (Å²) in [7, 11) is 1.94. The lowest BCUT2D eigenvalue weighted by Gasteiger charge is -2.17. The van der Waals surface area contributed by atoms with E-state index in [0.717, 1.165) is 37.4 Å². The predicted octanol–water partition coefficient (Wildman–Crippen LogP) is 2.68. The zero-order valence-electron chi connectivity index (χ0n) is 14.5. The largest absolute Gasteiger partial charge is 0.338 e. The average Bonchev–Trinajstić information content (AvgIpc) is 3.22. The second-order valence-corrected chi connectivity index (χ2v) is 6.21. The molecule has 0 spiro atoms. The van der Waals surface area contributed by atoms with Crippen molar-refractivity contribution in [3.63, 3.8) is 0 Å². The fourth-order valence-electron chi connectivity index (χ4n) is 3.34. The van der Waals surface area contributed by atoms with Gasteiger partial charge >= 0.3 is 0 Å². The molecule has 25 heavy (non-hydrogen) atoms. The highest BCUT2D eigenvalue weighted by Crippen LogP contribution is 2.22. The minimum atomic E-state index is -0.284. The second kappa shape index (κ2) is 8.45. The van der Waals surface area contributed by atoms with Gasteiger partial charge in [-0.2, -0.15) is 5.10 Å². The number of nitrogens with one attached hydrogen (secondary N) is 1. The molecule has 1 atom stereocenters. The topological polar surface area (TPSA) is 50.2 Å². The van der Waals surface area contributed by atoms with Crippen molar-refractivity contribution >= 4 is 18.3 Å². The lowest BCUT2D eigenvalue weighted by molar-refractivity contribution is 0.0786. The van der Waals surface area contributed by atoms with E-state index in [2.05, 4.69) is 10.4 Å². The van der Waals surface area contributed by atoms with Gasteiger partial charge in [-0.3, -0.25) is 4.79 Å². The molecule has 2 aromatic rings. The van der Waals surface area contributed by atoms with E-state index in [1.165, 1.54) is 12.1 Å². The molecular weight excluding hydrogens is 343 g/mol. The van der Waals surface area contributed by atoms with Gasteiger partial charge in [-0.25, -0.2) is 9.07 Å². The van der Waals surface area contributed by atoms with Gasteiger partial charge in [0.25, 0.3) is 5.91 Å². The van der Waals surface area contributed by atoms with E-state index in [1.807, 2.05) is 18.9 Å². The van der Waals surface area contributed by atoms with Gasteiger partial charge in [0.1, 0.15) is 5.82 Å². The molecule has 0 aliphatic carbocycles. The van der Waals surface area contributed by atoms with Gasteiger partial charge in [0.05, 0.1) is 23.1 Å². The Kier molecular flexibility index (Phi) is 6.56. The number of hydrogen-bond donors (Lipinski definition) is 1. The maximum absolute atomic E-state index is 13.1. The van der Waals surface area contributed by atoms with Crippen LogP contribution in [0.15, 0.2) is 30.5 Å². The van der Waals surface area contributed by atoms with Crippen molar-refractivity contribution < 1.29 is 9.18 Å². The molecule has 5 nitrogen and oxygen atoms in total. The molecule has 1 N–H and O–H groups in total. The van der Waals surface area contributed by atoms with E-state index in [-0.39, 0.29) is 24.1 Å². The molecule has 136 valence electrons. The summed E-state index contributed by atoms with van der Waals surface area (Å²) in [5, 5.41) is 7.55. The first-order chi connectivity index (χ1) is 11.6. The Labute approximate surface area is 153 Å². The first-order valence-electron chi connectivity index (χ1n) is 8.40. The zero-order valence-corrected chi connectivity index (χ0v) is 15.4. The van der Waals surface area contributed by atoms with Gasteiger partial charge in [-0.05, 0) is 56.6 Å². The van der Waals surface area contributed by atoms with E-state index in [9.17, 15) is 9.18 Å². The molecule has 0 bridgehead atoms. The van der Waals surface area contributed by atoms with E-state index in [1.54, 1.807) is 23.0 Å². The third kappa shape index (κ3) is 4.02. The minimum absolute atomic E-state index is 0. The number of carbonyl (C=O) groups is 1. The highest BCUT2D eigenvalue weighted by atomic mass is 35.5. The summed E-state index contributed by atoms with van der Waals surface area (Å²) in [4.78, 5) is 14.8. The highest BCUT2D eigenvalue weighted by molar-refractivity contribution is 5.95. The molecule has 1 saturated heterocycles. The Balaban J connectivity index is 0.00000225. The van der Waals surface area contributed by atoms with Crippen LogP contribution in [0.25, 0.3) is 5.69 Å². The van der Waals surface area contributed by atoms with Gasteiger partial charge in [0.2, 0.25) is 0 Å². The van der Waals surface area contributed by atoms with Gasteiger partial charge in [0, 0.05) is 13.1 Å². The number of nitrogens with zero attached hydrogens (tertiary/aromatic N) is 3. The van der Waals surface area contributed by atoms with Crippen molar-refractivity contribution in [3.05, 3.63) is 47.5 Å². The SMILES string of the molecule is CCc1c(C(=O)N2CCC(CNC)C2)cnn1-c1ccc(F)cc1.Cl. The normalized spacial score (nSPS) is 16.8. The molecule has 1 aromatic heterocycles. The van der Waals surface area contributed by atoms with Gasteiger partial charge in [-0.1, -0.05) is 6.92 Å². The maximum atomic E-state index is 13.1. The molecule has 1 aromatic carbocycles. The van der Waals surface area contributed by atoms with Crippen LogP contribution in [0.4, 0.5) is 4.39 Å². The molecule has 1 aliphatic rings. The fourth-order valence-corrected chi connectivity index (χ4v) is 3.34. The van der Waals surface area contributed by atoms with Crippen molar-refractivity contribution in [1.29, 1.82) is 0 Å². The third-order valence-corrected chi connectivity index (χ3v) is 4.57. The van der Waals surface area contributed by atoms with Crippen molar-refractivity contribution in [1.82, 2.24) is 20.0 Å². The quantitative estimate of drug-likeness (QED) is 0.885. The molecule has 7 heteroatoms. The van der Waals surface area contributed by atoms with E-state index >= 15 is 0 Å². The summed E-state index contributed by atoms with van der Waals surface area (Å²) in [6.45, 7) is 4.50. The van der Waals surface area contributed by atoms with Crippen LogP contribution >= 0.6 is 12.4 Å². The Morgan fingerprint density at radius 1 is 1.36 bits per heavy atom. The number of rotatable bonds is 5.